The van der Waals surface area contributed by atoms with Gasteiger partial charge in [-0.2, -0.15) is 0 Å². The van der Waals surface area contributed by atoms with Crippen LogP contribution in [0.15, 0.2) is 24.3 Å². The molecule has 0 aliphatic heterocycles. The number of carbonyl (C=O) groups excluding carboxylic acids is 1. The minimum Gasteiger partial charge on any atom is -0.481 e. The Labute approximate surface area is 118 Å². The molecule has 0 unspecified atom stereocenters. The maximum absolute atomic E-state index is 11.9. The third-order valence-corrected chi connectivity index (χ3v) is 3.94. The highest BCUT2D eigenvalue weighted by molar-refractivity contribution is 5.91. The van der Waals surface area contributed by atoms with Gasteiger partial charge in [-0.25, -0.2) is 4.79 Å². The molecule has 2 rings (SSSR count). The highest BCUT2D eigenvalue weighted by atomic mass is 16.4. The van der Waals surface area contributed by atoms with Gasteiger partial charge in [0.25, 0.3) is 0 Å². The Kier molecular flexibility index (Phi) is 4.27. The van der Waals surface area contributed by atoms with Crippen LogP contribution in [0.3, 0.4) is 0 Å². The molecule has 3 N–H and O–H groups in total. The summed E-state index contributed by atoms with van der Waals surface area (Å²) in [5.74, 6) is -0.914. The fraction of sp³-hybridized carbons (Fsp3) is 0.467. The van der Waals surface area contributed by atoms with Crippen LogP contribution >= 0.6 is 0 Å². The molecular formula is C15H20N2O3. The summed E-state index contributed by atoms with van der Waals surface area (Å²) >= 11 is 0. The molecule has 1 saturated carbocycles. The second-order valence-corrected chi connectivity index (χ2v) is 5.39. The number of amides is 2. The number of anilines is 1. The van der Waals surface area contributed by atoms with E-state index in [2.05, 4.69) is 17.6 Å². The number of aliphatic carboxylic acids is 1. The van der Waals surface area contributed by atoms with Crippen molar-refractivity contribution in [2.45, 2.75) is 32.6 Å². The van der Waals surface area contributed by atoms with E-state index in [9.17, 15) is 9.59 Å². The molecule has 2 amide bonds. The van der Waals surface area contributed by atoms with E-state index in [1.807, 2.05) is 0 Å². The number of nitrogens with one attached hydrogen (secondary N) is 2. The van der Waals surface area contributed by atoms with Crippen LogP contribution in [-0.2, 0) is 11.2 Å². The van der Waals surface area contributed by atoms with E-state index in [0.717, 1.165) is 6.42 Å². The van der Waals surface area contributed by atoms with Crippen molar-refractivity contribution in [3.8, 4) is 0 Å². The van der Waals surface area contributed by atoms with Gasteiger partial charge in [-0.15, -0.1) is 0 Å². The van der Waals surface area contributed by atoms with Gasteiger partial charge in [-0.3, -0.25) is 4.79 Å². The molecule has 108 valence electrons. The summed E-state index contributed by atoms with van der Waals surface area (Å²) < 4.78 is 0. The van der Waals surface area contributed by atoms with Gasteiger partial charge < -0.3 is 15.7 Å². The quantitative estimate of drug-likeness (QED) is 0.747. The Balaban J connectivity index is 1.92. The number of urea groups is 1. The van der Waals surface area contributed by atoms with Gasteiger partial charge in [0.1, 0.15) is 0 Å². The van der Waals surface area contributed by atoms with E-state index in [1.165, 1.54) is 12.8 Å². The standard InChI is InChI=1S/C15H20N2O3/c1-2-15(7-8-15)10-16-14(20)17-12-6-4-3-5-11(12)9-13(18)19/h3-6H,2,7-10H2,1H3,(H,18,19)(H2,16,17,20). The maximum atomic E-state index is 11.9. The van der Waals surface area contributed by atoms with E-state index in [1.54, 1.807) is 24.3 Å². The van der Waals surface area contributed by atoms with Crippen molar-refractivity contribution in [1.29, 1.82) is 0 Å². The van der Waals surface area contributed by atoms with Crippen molar-refractivity contribution < 1.29 is 14.7 Å². The van der Waals surface area contributed by atoms with Crippen molar-refractivity contribution in [3.05, 3.63) is 29.8 Å². The normalized spacial score (nSPS) is 15.4. The first-order chi connectivity index (χ1) is 9.54. The molecule has 5 heteroatoms. The first-order valence-corrected chi connectivity index (χ1v) is 6.89. The summed E-state index contributed by atoms with van der Waals surface area (Å²) in [5, 5.41) is 14.4. The smallest absolute Gasteiger partial charge is 0.319 e. The highest BCUT2D eigenvalue weighted by Crippen LogP contribution is 2.47. The Morgan fingerprint density at radius 1 is 1.30 bits per heavy atom. The molecule has 0 saturated heterocycles. The van der Waals surface area contributed by atoms with E-state index in [-0.39, 0.29) is 17.9 Å². The average Bonchev–Trinajstić information content (AvgIpc) is 3.19. The molecule has 0 radical (unpaired) electrons. The molecule has 0 heterocycles. The summed E-state index contributed by atoms with van der Waals surface area (Å²) in [7, 11) is 0. The monoisotopic (exact) mass is 276 g/mol. The summed E-state index contributed by atoms with van der Waals surface area (Å²) in [5.41, 5.74) is 1.44. The largest absolute Gasteiger partial charge is 0.481 e. The van der Waals surface area contributed by atoms with Crippen LogP contribution in [0.25, 0.3) is 0 Å². The van der Waals surface area contributed by atoms with E-state index in [4.69, 9.17) is 5.11 Å². The molecule has 1 aromatic rings. The van der Waals surface area contributed by atoms with Crippen LogP contribution in [0, 0.1) is 5.41 Å². The second-order valence-electron chi connectivity index (χ2n) is 5.39. The molecule has 0 bridgehead atoms. The van der Waals surface area contributed by atoms with E-state index < -0.39 is 5.97 Å². The minimum absolute atomic E-state index is 0.102. The van der Waals surface area contributed by atoms with Crippen LogP contribution < -0.4 is 10.6 Å². The van der Waals surface area contributed by atoms with Gasteiger partial charge in [-0.1, -0.05) is 25.1 Å². The second kappa shape index (κ2) is 5.94. The number of carboxylic acid groups (broad SMARTS) is 1. The first kappa shape index (κ1) is 14.4. The van der Waals surface area contributed by atoms with Crippen LogP contribution in [0.5, 0.6) is 0 Å². The van der Waals surface area contributed by atoms with Crippen LogP contribution in [0.4, 0.5) is 10.5 Å². The Morgan fingerprint density at radius 3 is 2.60 bits per heavy atom. The van der Waals surface area contributed by atoms with E-state index >= 15 is 0 Å². The topological polar surface area (TPSA) is 78.4 Å². The van der Waals surface area contributed by atoms with Crippen molar-refractivity contribution in [1.82, 2.24) is 5.32 Å². The Morgan fingerprint density at radius 2 is 2.00 bits per heavy atom. The van der Waals surface area contributed by atoms with Gasteiger partial charge in [-0.05, 0) is 36.3 Å². The molecule has 0 spiro atoms. The predicted octanol–water partition coefficient (Wildman–Crippen LogP) is 2.63. The summed E-state index contributed by atoms with van der Waals surface area (Å²) in [6.07, 6.45) is 3.30. The number of hydrogen-bond acceptors (Lipinski definition) is 2. The zero-order valence-corrected chi connectivity index (χ0v) is 11.6. The number of hydrogen-bond donors (Lipinski definition) is 3. The zero-order chi connectivity index (χ0) is 14.6. The molecule has 1 aliphatic rings. The molecule has 20 heavy (non-hydrogen) atoms. The molecule has 1 aromatic carbocycles. The van der Waals surface area contributed by atoms with E-state index in [0.29, 0.717) is 17.8 Å². The third kappa shape index (κ3) is 3.73. The first-order valence-electron chi connectivity index (χ1n) is 6.89. The van der Waals surface area contributed by atoms with Crippen molar-refractivity contribution in [2.75, 3.05) is 11.9 Å². The summed E-state index contributed by atoms with van der Waals surface area (Å²) in [6.45, 7) is 2.81. The lowest BCUT2D eigenvalue weighted by Crippen LogP contribution is -2.34. The molecular weight excluding hydrogens is 256 g/mol. The van der Waals surface area contributed by atoms with Crippen molar-refractivity contribution in [2.24, 2.45) is 5.41 Å². The molecule has 5 nitrogen and oxygen atoms in total. The van der Waals surface area contributed by atoms with Gasteiger partial charge in [0, 0.05) is 12.2 Å². The average molecular weight is 276 g/mol. The number of para-hydroxylation sites is 1. The van der Waals surface area contributed by atoms with Gasteiger partial charge in [0.2, 0.25) is 0 Å². The fourth-order valence-electron chi connectivity index (χ4n) is 2.23. The number of rotatable bonds is 6. The molecule has 0 atom stereocenters. The predicted molar refractivity (Wildman–Crippen MR) is 76.8 cm³/mol. The van der Waals surface area contributed by atoms with Gasteiger partial charge in [0.05, 0.1) is 6.42 Å². The lowest BCUT2D eigenvalue weighted by Gasteiger charge is -2.15. The maximum Gasteiger partial charge on any atom is 0.319 e. The number of carboxylic acids is 1. The lowest BCUT2D eigenvalue weighted by atomic mass is 10.0. The highest BCUT2D eigenvalue weighted by Gasteiger charge is 2.40. The SMILES string of the molecule is CCC1(CNC(=O)Nc2ccccc2CC(=O)O)CC1. The van der Waals surface area contributed by atoms with Gasteiger partial charge in [0.15, 0.2) is 0 Å². The van der Waals surface area contributed by atoms with Gasteiger partial charge >= 0.3 is 12.0 Å². The van der Waals surface area contributed by atoms with Crippen LogP contribution in [0.2, 0.25) is 0 Å². The molecule has 1 aliphatic carbocycles. The zero-order valence-electron chi connectivity index (χ0n) is 11.6. The molecule has 1 fully saturated rings. The van der Waals surface area contributed by atoms with Crippen LogP contribution in [0.1, 0.15) is 31.7 Å². The minimum atomic E-state index is -0.914. The third-order valence-electron chi connectivity index (χ3n) is 3.94. The number of carbonyl (C=O) groups is 2. The molecule has 0 aromatic heterocycles. The Hall–Kier alpha value is -2.04. The van der Waals surface area contributed by atoms with Crippen molar-refractivity contribution >= 4 is 17.7 Å². The lowest BCUT2D eigenvalue weighted by molar-refractivity contribution is -0.136. The number of benzene rings is 1. The summed E-state index contributed by atoms with van der Waals surface area (Å²) in [4.78, 5) is 22.7. The van der Waals surface area contributed by atoms with Crippen molar-refractivity contribution in [3.63, 3.8) is 0 Å². The summed E-state index contributed by atoms with van der Waals surface area (Å²) in [6, 6.07) is 6.68. The van der Waals surface area contributed by atoms with Crippen LogP contribution in [-0.4, -0.2) is 23.7 Å². The Bertz CT molecular complexity index is 510. The fourth-order valence-corrected chi connectivity index (χ4v) is 2.23.